The molecule has 1 amide bonds. The van der Waals surface area contributed by atoms with E-state index in [1.807, 2.05) is 11.0 Å². The topological polar surface area (TPSA) is 49.2 Å². The maximum absolute atomic E-state index is 12.0. The van der Waals surface area contributed by atoms with Gasteiger partial charge in [0.15, 0.2) is 5.58 Å². The summed E-state index contributed by atoms with van der Waals surface area (Å²) in [6, 6.07) is 3.60. The van der Waals surface area contributed by atoms with Crippen molar-refractivity contribution in [2.24, 2.45) is 0 Å². The lowest BCUT2D eigenvalue weighted by atomic mass is 10.4. The van der Waals surface area contributed by atoms with Crippen molar-refractivity contribution in [1.82, 2.24) is 9.88 Å². The normalized spacial score (nSPS) is 16.4. The summed E-state index contributed by atoms with van der Waals surface area (Å²) in [6.45, 7) is 1.75. The second-order valence-corrected chi connectivity index (χ2v) is 3.88. The van der Waals surface area contributed by atoms with Gasteiger partial charge in [-0.15, -0.1) is 0 Å². The summed E-state index contributed by atoms with van der Waals surface area (Å²) >= 11 is 0. The van der Waals surface area contributed by atoms with Gasteiger partial charge in [0, 0.05) is 25.2 Å². The van der Waals surface area contributed by atoms with Crippen LogP contribution in [-0.2, 0) is 0 Å². The summed E-state index contributed by atoms with van der Waals surface area (Å²) < 4.78 is 5.21. The highest BCUT2D eigenvalue weighted by molar-refractivity contribution is 5.96. The molecule has 2 aromatic rings. The second-order valence-electron chi connectivity index (χ2n) is 3.88. The Labute approximate surface area is 86.9 Å². The molecule has 15 heavy (non-hydrogen) atoms. The van der Waals surface area contributed by atoms with Crippen molar-refractivity contribution in [3.8, 4) is 0 Å². The molecule has 0 atom stereocenters. The van der Waals surface area contributed by atoms with Gasteiger partial charge in [-0.05, 0) is 12.8 Å². The van der Waals surface area contributed by atoms with E-state index in [0.717, 1.165) is 37.0 Å². The molecule has 0 radical (unpaired) electrons. The van der Waals surface area contributed by atoms with Crippen LogP contribution in [0.15, 0.2) is 22.8 Å². The first-order chi connectivity index (χ1) is 7.34. The fourth-order valence-electron chi connectivity index (χ4n) is 2.05. The molecule has 78 valence electrons. The smallest absolute Gasteiger partial charge is 0.270 e. The van der Waals surface area contributed by atoms with Crippen LogP contribution in [0.2, 0.25) is 0 Å². The molecule has 3 heterocycles. The molecule has 0 spiro atoms. The lowest BCUT2D eigenvalue weighted by Gasteiger charge is -2.13. The SMILES string of the molecule is O=C(c1cc2occc2[nH]1)N1CCCC1. The third-order valence-corrected chi connectivity index (χ3v) is 2.86. The van der Waals surface area contributed by atoms with E-state index < -0.39 is 0 Å². The van der Waals surface area contributed by atoms with Gasteiger partial charge < -0.3 is 14.3 Å². The quantitative estimate of drug-likeness (QED) is 0.772. The zero-order valence-electron chi connectivity index (χ0n) is 8.32. The number of carbonyl (C=O) groups excluding carboxylic acids is 1. The number of fused-ring (bicyclic) bond motifs is 1. The molecule has 1 N–H and O–H groups in total. The summed E-state index contributed by atoms with van der Waals surface area (Å²) in [7, 11) is 0. The van der Waals surface area contributed by atoms with Crippen LogP contribution in [0.3, 0.4) is 0 Å². The Morgan fingerprint density at radius 3 is 2.93 bits per heavy atom. The number of hydrogen-bond donors (Lipinski definition) is 1. The van der Waals surface area contributed by atoms with Crippen LogP contribution < -0.4 is 0 Å². The van der Waals surface area contributed by atoms with E-state index in [2.05, 4.69) is 4.98 Å². The average molecular weight is 204 g/mol. The van der Waals surface area contributed by atoms with E-state index in [1.54, 1.807) is 12.3 Å². The minimum Gasteiger partial charge on any atom is -0.463 e. The number of H-pyrrole nitrogens is 1. The minimum absolute atomic E-state index is 0.0823. The number of hydrogen-bond acceptors (Lipinski definition) is 2. The number of rotatable bonds is 1. The predicted molar refractivity (Wildman–Crippen MR) is 55.7 cm³/mol. The van der Waals surface area contributed by atoms with Crippen molar-refractivity contribution in [1.29, 1.82) is 0 Å². The van der Waals surface area contributed by atoms with Crippen molar-refractivity contribution >= 4 is 17.0 Å². The number of nitrogens with one attached hydrogen (secondary N) is 1. The highest BCUT2D eigenvalue weighted by atomic mass is 16.3. The molecule has 0 bridgehead atoms. The van der Waals surface area contributed by atoms with Crippen LogP contribution >= 0.6 is 0 Å². The van der Waals surface area contributed by atoms with Crippen molar-refractivity contribution < 1.29 is 9.21 Å². The summed E-state index contributed by atoms with van der Waals surface area (Å²) in [5, 5.41) is 0. The molecule has 0 aliphatic carbocycles. The standard InChI is InChI=1S/C11H12N2O2/c14-11(13-4-1-2-5-13)9-7-10-8(12-9)3-6-15-10/h3,6-7,12H,1-2,4-5H2. The Morgan fingerprint density at radius 1 is 1.40 bits per heavy atom. The van der Waals surface area contributed by atoms with Gasteiger partial charge >= 0.3 is 0 Å². The van der Waals surface area contributed by atoms with Crippen molar-refractivity contribution in [3.05, 3.63) is 24.1 Å². The Morgan fingerprint density at radius 2 is 2.20 bits per heavy atom. The van der Waals surface area contributed by atoms with Crippen molar-refractivity contribution in [3.63, 3.8) is 0 Å². The van der Waals surface area contributed by atoms with Crippen LogP contribution in [-0.4, -0.2) is 28.9 Å². The Hall–Kier alpha value is -1.71. The van der Waals surface area contributed by atoms with Gasteiger partial charge in [0.2, 0.25) is 0 Å². The van der Waals surface area contributed by atoms with Crippen LogP contribution in [0.5, 0.6) is 0 Å². The summed E-state index contributed by atoms with van der Waals surface area (Å²) in [4.78, 5) is 16.9. The van der Waals surface area contributed by atoms with E-state index in [9.17, 15) is 4.79 Å². The van der Waals surface area contributed by atoms with Gasteiger partial charge in [-0.2, -0.15) is 0 Å². The molecule has 1 saturated heterocycles. The third kappa shape index (κ3) is 1.33. The van der Waals surface area contributed by atoms with Gasteiger partial charge in [0.1, 0.15) is 5.69 Å². The Kier molecular flexibility index (Phi) is 1.80. The van der Waals surface area contributed by atoms with Crippen molar-refractivity contribution in [2.75, 3.05) is 13.1 Å². The number of likely N-dealkylation sites (tertiary alicyclic amines) is 1. The van der Waals surface area contributed by atoms with E-state index >= 15 is 0 Å². The summed E-state index contributed by atoms with van der Waals surface area (Å²) in [6.07, 6.45) is 3.84. The second kappa shape index (κ2) is 3.15. The zero-order valence-corrected chi connectivity index (χ0v) is 8.32. The van der Waals surface area contributed by atoms with E-state index in [0.29, 0.717) is 5.69 Å². The van der Waals surface area contributed by atoms with Gasteiger partial charge in [-0.25, -0.2) is 0 Å². The average Bonchev–Trinajstić information content (AvgIpc) is 2.92. The van der Waals surface area contributed by atoms with E-state index in [-0.39, 0.29) is 5.91 Å². The first-order valence-electron chi connectivity index (χ1n) is 5.20. The molecule has 0 saturated carbocycles. The molecular weight excluding hydrogens is 192 g/mol. The minimum atomic E-state index is 0.0823. The highest BCUT2D eigenvalue weighted by Gasteiger charge is 2.21. The molecule has 1 aliphatic rings. The maximum Gasteiger partial charge on any atom is 0.270 e. The van der Waals surface area contributed by atoms with E-state index in [1.165, 1.54) is 0 Å². The zero-order chi connectivity index (χ0) is 10.3. The predicted octanol–water partition coefficient (Wildman–Crippen LogP) is 2.00. The molecule has 2 aromatic heterocycles. The third-order valence-electron chi connectivity index (χ3n) is 2.86. The van der Waals surface area contributed by atoms with Gasteiger partial charge in [-0.1, -0.05) is 0 Å². The molecule has 1 aliphatic heterocycles. The number of furan rings is 1. The maximum atomic E-state index is 12.0. The number of carbonyl (C=O) groups is 1. The van der Waals surface area contributed by atoms with E-state index in [4.69, 9.17) is 4.42 Å². The number of amides is 1. The van der Waals surface area contributed by atoms with Crippen LogP contribution in [0.1, 0.15) is 23.3 Å². The molecule has 3 rings (SSSR count). The molecule has 4 nitrogen and oxygen atoms in total. The van der Waals surface area contributed by atoms with Gasteiger partial charge in [0.05, 0.1) is 11.8 Å². The van der Waals surface area contributed by atoms with Crippen LogP contribution in [0.4, 0.5) is 0 Å². The lowest BCUT2D eigenvalue weighted by Crippen LogP contribution is -2.27. The first kappa shape index (κ1) is 8.59. The van der Waals surface area contributed by atoms with Crippen molar-refractivity contribution in [2.45, 2.75) is 12.8 Å². The molecular formula is C11H12N2O2. The van der Waals surface area contributed by atoms with Crippen LogP contribution in [0, 0.1) is 0 Å². The van der Waals surface area contributed by atoms with Gasteiger partial charge in [-0.3, -0.25) is 4.79 Å². The Balaban J connectivity index is 1.92. The number of nitrogens with zero attached hydrogens (tertiary/aromatic N) is 1. The molecule has 1 fully saturated rings. The molecule has 4 heteroatoms. The van der Waals surface area contributed by atoms with Gasteiger partial charge in [0.25, 0.3) is 5.91 Å². The molecule has 0 unspecified atom stereocenters. The largest absolute Gasteiger partial charge is 0.463 e. The molecule has 0 aromatic carbocycles. The van der Waals surface area contributed by atoms with Crippen LogP contribution in [0.25, 0.3) is 11.1 Å². The summed E-state index contributed by atoms with van der Waals surface area (Å²) in [5.74, 6) is 0.0823. The fraction of sp³-hybridized carbons (Fsp3) is 0.364. The summed E-state index contributed by atoms with van der Waals surface area (Å²) in [5.41, 5.74) is 2.27. The highest BCUT2D eigenvalue weighted by Crippen LogP contribution is 2.18. The Bertz CT molecular complexity index is 463. The first-order valence-corrected chi connectivity index (χ1v) is 5.20. The number of aromatic nitrogens is 1. The fourth-order valence-corrected chi connectivity index (χ4v) is 2.05. The lowest BCUT2D eigenvalue weighted by molar-refractivity contribution is 0.0788. The monoisotopic (exact) mass is 204 g/mol. The number of aromatic amines is 1.